The van der Waals surface area contributed by atoms with Gasteiger partial charge in [-0.25, -0.2) is 0 Å². The van der Waals surface area contributed by atoms with Gasteiger partial charge in [-0.1, -0.05) is 18.6 Å². The van der Waals surface area contributed by atoms with Crippen molar-refractivity contribution >= 4 is 5.69 Å². The third kappa shape index (κ3) is 4.01. The first-order chi connectivity index (χ1) is 9.16. The maximum absolute atomic E-state index is 10.5. The SMILES string of the molecule is O=[N+]([O-])c1ccc(CCNCC2CCCC2O)cc1. The normalized spacial score (nSPS) is 22.6. The Morgan fingerprint density at radius 1 is 1.32 bits per heavy atom. The standard InChI is InChI=1S/C14H20N2O3/c17-14-3-1-2-12(14)10-15-9-8-11-4-6-13(7-5-11)16(18)19/h4-7,12,14-15,17H,1-3,8-10H2. The summed E-state index contributed by atoms with van der Waals surface area (Å²) < 4.78 is 0. The van der Waals surface area contributed by atoms with Gasteiger partial charge >= 0.3 is 0 Å². The summed E-state index contributed by atoms with van der Waals surface area (Å²) in [5.41, 5.74) is 1.22. The lowest BCUT2D eigenvalue weighted by Crippen LogP contribution is -2.29. The molecule has 19 heavy (non-hydrogen) atoms. The summed E-state index contributed by atoms with van der Waals surface area (Å²) >= 11 is 0. The highest BCUT2D eigenvalue weighted by molar-refractivity contribution is 5.32. The molecular formula is C14H20N2O3. The summed E-state index contributed by atoms with van der Waals surface area (Å²) in [6.45, 7) is 1.69. The molecule has 0 aromatic heterocycles. The number of hydrogen-bond acceptors (Lipinski definition) is 4. The van der Waals surface area contributed by atoms with Crippen LogP contribution in [0.3, 0.4) is 0 Å². The Kier molecular flexibility index (Phi) is 4.87. The molecule has 1 aliphatic carbocycles. The molecule has 0 aliphatic heterocycles. The lowest BCUT2D eigenvalue weighted by atomic mass is 10.1. The van der Waals surface area contributed by atoms with E-state index in [0.29, 0.717) is 5.92 Å². The molecule has 2 N–H and O–H groups in total. The summed E-state index contributed by atoms with van der Waals surface area (Å²) in [5, 5.41) is 23.6. The second-order valence-corrected chi connectivity index (χ2v) is 5.14. The van der Waals surface area contributed by atoms with E-state index >= 15 is 0 Å². The molecule has 0 spiro atoms. The number of nitrogens with one attached hydrogen (secondary N) is 1. The van der Waals surface area contributed by atoms with Crippen molar-refractivity contribution in [3.63, 3.8) is 0 Å². The van der Waals surface area contributed by atoms with Crippen LogP contribution in [0.1, 0.15) is 24.8 Å². The molecule has 5 heteroatoms. The molecule has 2 rings (SSSR count). The van der Waals surface area contributed by atoms with E-state index in [2.05, 4.69) is 5.32 Å². The van der Waals surface area contributed by atoms with Crippen LogP contribution in [0.15, 0.2) is 24.3 Å². The molecule has 2 atom stereocenters. The largest absolute Gasteiger partial charge is 0.393 e. The van der Waals surface area contributed by atoms with Crippen LogP contribution in [-0.4, -0.2) is 29.2 Å². The fraction of sp³-hybridized carbons (Fsp3) is 0.571. The molecule has 1 fully saturated rings. The van der Waals surface area contributed by atoms with E-state index in [-0.39, 0.29) is 16.7 Å². The molecule has 1 aromatic rings. The van der Waals surface area contributed by atoms with Crippen molar-refractivity contribution in [2.24, 2.45) is 5.92 Å². The van der Waals surface area contributed by atoms with Gasteiger partial charge in [0.25, 0.3) is 5.69 Å². The number of aliphatic hydroxyl groups excluding tert-OH is 1. The zero-order valence-electron chi connectivity index (χ0n) is 10.9. The van der Waals surface area contributed by atoms with E-state index in [0.717, 1.165) is 44.3 Å². The summed E-state index contributed by atoms with van der Waals surface area (Å²) in [7, 11) is 0. The third-order valence-corrected chi connectivity index (χ3v) is 3.76. The highest BCUT2D eigenvalue weighted by Crippen LogP contribution is 2.24. The number of benzene rings is 1. The molecule has 1 aromatic carbocycles. The molecule has 0 bridgehead atoms. The first-order valence-electron chi connectivity index (χ1n) is 6.79. The molecule has 0 amide bonds. The lowest BCUT2D eigenvalue weighted by Gasteiger charge is -2.14. The number of aliphatic hydroxyl groups is 1. The average molecular weight is 264 g/mol. The molecule has 1 saturated carbocycles. The predicted octanol–water partition coefficient (Wildman–Crippen LogP) is 1.89. The van der Waals surface area contributed by atoms with Crippen molar-refractivity contribution in [3.8, 4) is 0 Å². The van der Waals surface area contributed by atoms with Crippen LogP contribution in [-0.2, 0) is 6.42 Å². The Morgan fingerprint density at radius 2 is 2.05 bits per heavy atom. The number of nitrogens with zero attached hydrogens (tertiary/aromatic N) is 1. The van der Waals surface area contributed by atoms with E-state index in [1.165, 1.54) is 12.1 Å². The second kappa shape index (κ2) is 6.63. The van der Waals surface area contributed by atoms with Gasteiger partial charge < -0.3 is 10.4 Å². The van der Waals surface area contributed by atoms with Crippen LogP contribution in [0.25, 0.3) is 0 Å². The summed E-state index contributed by atoms with van der Waals surface area (Å²) in [4.78, 5) is 10.1. The first kappa shape index (κ1) is 14.0. The van der Waals surface area contributed by atoms with E-state index < -0.39 is 0 Å². The van der Waals surface area contributed by atoms with Gasteiger partial charge in [-0.3, -0.25) is 10.1 Å². The molecule has 0 saturated heterocycles. The van der Waals surface area contributed by atoms with Crippen LogP contribution in [0.4, 0.5) is 5.69 Å². The van der Waals surface area contributed by atoms with E-state index in [1.807, 2.05) is 0 Å². The van der Waals surface area contributed by atoms with Gasteiger partial charge in [-0.05, 0) is 37.3 Å². The summed E-state index contributed by atoms with van der Waals surface area (Å²) in [6, 6.07) is 6.67. The highest BCUT2D eigenvalue weighted by atomic mass is 16.6. The van der Waals surface area contributed by atoms with Gasteiger partial charge in [0, 0.05) is 18.7 Å². The maximum Gasteiger partial charge on any atom is 0.269 e. The van der Waals surface area contributed by atoms with Gasteiger partial charge in [0.15, 0.2) is 0 Å². The van der Waals surface area contributed by atoms with E-state index in [1.54, 1.807) is 12.1 Å². The Hall–Kier alpha value is -1.46. The van der Waals surface area contributed by atoms with Crippen LogP contribution in [0.2, 0.25) is 0 Å². The van der Waals surface area contributed by atoms with Crippen molar-refractivity contribution in [3.05, 3.63) is 39.9 Å². The third-order valence-electron chi connectivity index (χ3n) is 3.76. The van der Waals surface area contributed by atoms with E-state index in [4.69, 9.17) is 0 Å². The zero-order valence-corrected chi connectivity index (χ0v) is 10.9. The summed E-state index contributed by atoms with van der Waals surface area (Å²) in [6.07, 6.45) is 3.85. The quantitative estimate of drug-likeness (QED) is 0.467. The van der Waals surface area contributed by atoms with Gasteiger partial charge in [0.2, 0.25) is 0 Å². The Bertz CT molecular complexity index is 419. The second-order valence-electron chi connectivity index (χ2n) is 5.14. The molecule has 5 nitrogen and oxygen atoms in total. The smallest absolute Gasteiger partial charge is 0.269 e. The Labute approximate surface area is 112 Å². The fourth-order valence-corrected chi connectivity index (χ4v) is 2.56. The monoisotopic (exact) mass is 264 g/mol. The topological polar surface area (TPSA) is 75.4 Å². The Balaban J connectivity index is 1.69. The van der Waals surface area contributed by atoms with Gasteiger partial charge in [0.05, 0.1) is 11.0 Å². The van der Waals surface area contributed by atoms with E-state index in [9.17, 15) is 15.2 Å². The molecule has 0 heterocycles. The van der Waals surface area contributed by atoms with Crippen molar-refractivity contribution in [2.75, 3.05) is 13.1 Å². The fourth-order valence-electron chi connectivity index (χ4n) is 2.56. The lowest BCUT2D eigenvalue weighted by molar-refractivity contribution is -0.384. The van der Waals surface area contributed by atoms with Crippen molar-refractivity contribution in [1.82, 2.24) is 5.32 Å². The van der Waals surface area contributed by atoms with Crippen molar-refractivity contribution < 1.29 is 10.0 Å². The molecular weight excluding hydrogens is 244 g/mol. The van der Waals surface area contributed by atoms with Crippen LogP contribution in [0.5, 0.6) is 0 Å². The van der Waals surface area contributed by atoms with Crippen molar-refractivity contribution in [1.29, 1.82) is 0 Å². The Morgan fingerprint density at radius 3 is 2.63 bits per heavy atom. The molecule has 2 unspecified atom stereocenters. The van der Waals surface area contributed by atoms with Crippen LogP contribution < -0.4 is 5.32 Å². The van der Waals surface area contributed by atoms with Crippen molar-refractivity contribution in [2.45, 2.75) is 31.8 Å². The maximum atomic E-state index is 10.5. The van der Waals surface area contributed by atoms with Gasteiger partial charge in [0.1, 0.15) is 0 Å². The predicted molar refractivity (Wildman–Crippen MR) is 73.0 cm³/mol. The first-order valence-corrected chi connectivity index (χ1v) is 6.79. The van der Waals surface area contributed by atoms with Crippen LogP contribution in [0, 0.1) is 16.0 Å². The zero-order chi connectivity index (χ0) is 13.7. The number of hydrogen-bond donors (Lipinski definition) is 2. The minimum Gasteiger partial charge on any atom is -0.393 e. The molecule has 104 valence electrons. The minimum absolute atomic E-state index is 0.130. The molecule has 0 radical (unpaired) electrons. The van der Waals surface area contributed by atoms with Crippen LogP contribution >= 0.6 is 0 Å². The highest BCUT2D eigenvalue weighted by Gasteiger charge is 2.24. The van der Waals surface area contributed by atoms with Gasteiger partial charge in [-0.15, -0.1) is 0 Å². The van der Waals surface area contributed by atoms with Gasteiger partial charge in [-0.2, -0.15) is 0 Å². The number of non-ortho nitro benzene ring substituents is 1. The average Bonchev–Trinajstić information content (AvgIpc) is 2.81. The summed E-state index contributed by atoms with van der Waals surface area (Å²) in [5.74, 6) is 0.386. The number of rotatable bonds is 6. The number of nitro groups is 1. The number of nitro benzene ring substituents is 1. The molecule has 1 aliphatic rings. The minimum atomic E-state index is -0.385.